The Morgan fingerprint density at radius 3 is 2.41 bits per heavy atom. The molecule has 0 aromatic rings. The van der Waals surface area contributed by atoms with Gasteiger partial charge in [-0.2, -0.15) is 0 Å². The summed E-state index contributed by atoms with van der Waals surface area (Å²) in [5.41, 5.74) is 2.99. The molecule has 0 unspecified atom stereocenters. The number of carboxylic acid groups (broad SMARTS) is 2. The van der Waals surface area contributed by atoms with E-state index in [4.69, 9.17) is 0 Å². The fraction of sp³-hybridized carbons (Fsp3) is 0.750. The molecule has 3 fully saturated rings. The van der Waals surface area contributed by atoms with Gasteiger partial charge in [-0.25, -0.2) is 14.6 Å². The molecule has 0 amide bonds. The lowest BCUT2D eigenvalue weighted by Crippen LogP contribution is -2.57. The molecule has 2 aliphatic carbocycles. The van der Waals surface area contributed by atoms with Crippen LogP contribution < -0.4 is 5.43 Å². The summed E-state index contributed by atoms with van der Waals surface area (Å²) in [5.74, 6) is -1.27. The molecule has 0 radical (unpaired) electrons. The van der Waals surface area contributed by atoms with Gasteiger partial charge in [0.05, 0.1) is 5.57 Å². The van der Waals surface area contributed by atoms with Gasteiger partial charge >= 0.3 is 11.9 Å². The summed E-state index contributed by atoms with van der Waals surface area (Å²) in [7, 11) is 0. The van der Waals surface area contributed by atoms with E-state index in [-0.39, 0.29) is 23.2 Å². The monoisotopic (exact) mass is 306 g/mol. The van der Waals surface area contributed by atoms with Crippen LogP contribution in [0.15, 0.2) is 11.3 Å². The van der Waals surface area contributed by atoms with Crippen LogP contribution in [0.5, 0.6) is 0 Å². The number of nitrogens with one attached hydrogen (secondary N) is 1. The van der Waals surface area contributed by atoms with Crippen LogP contribution >= 0.6 is 0 Å². The van der Waals surface area contributed by atoms with Crippen LogP contribution in [0.1, 0.15) is 44.9 Å². The highest BCUT2D eigenvalue weighted by atomic mass is 16.4. The number of carboxylic acids is 2. The first-order valence-electron chi connectivity index (χ1n) is 8.35. The lowest BCUT2D eigenvalue weighted by molar-refractivity contribution is -0.139. The molecule has 6 nitrogen and oxygen atoms in total. The molecule has 5 atom stereocenters. The molecule has 1 saturated heterocycles. The SMILES string of the molecule is O=C(O)C1=C(C(=O)O)[C@@H]2CCC[C@H]3[C@@H]4CCCC[C@@H]4N(N1)[C@H]32. The van der Waals surface area contributed by atoms with Crippen molar-refractivity contribution in [1.82, 2.24) is 10.4 Å². The maximum Gasteiger partial charge on any atom is 0.353 e. The van der Waals surface area contributed by atoms with Crippen molar-refractivity contribution in [3.8, 4) is 0 Å². The number of aliphatic carboxylic acids is 2. The largest absolute Gasteiger partial charge is 0.478 e. The normalized spacial score (nSPS) is 40.6. The minimum Gasteiger partial charge on any atom is -0.478 e. The highest BCUT2D eigenvalue weighted by Gasteiger charge is 2.57. The van der Waals surface area contributed by atoms with Gasteiger partial charge in [-0.15, -0.1) is 0 Å². The molecule has 120 valence electrons. The quantitative estimate of drug-likeness (QED) is 0.718. The van der Waals surface area contributed by atoms with E-state index >= 15 is 0 Å². The number of nitrogens with zero attached hydrogens (tertiary/aromatic N) is 1. The zero-order valence-electron chi connectivity index (χ0n) is 12.5. The first kappa shape index (κ1) is 14.1. The van der Waals surface area contributed by atoms with Gasteiger partial charge in [0.15, 0.2) is 0 Å². The second kappa shape index (κ2) is 4.98. The van der Waals surface area contributed by atoms with Crippen molar-refractivity contribution >= 4 is 11.9 Å². The van der Waals surface area contributed by atoms with Crippen LogP contribution in [-0.2, 0) is 9.59 Å². The van der Waals surface area contributed by atoms with E-state index in [9.17, 15) is 19.8 Å². The summed E-state index contributed by atoms with van der Waals surface area (Å²) in [6.07, 6.45) is 7.66. The maximum absolute atomic E-state index is 11.7. The molecule has 3 N–H and O–H groups in total. The van der Waals surface area contributed by atoms with Crippen molar-refractivity contribution in [3.05, 3.63) is 11.3 Å². The second-order valence-electron chi connectivity index (χ2n) is 7.13. The van der Waals surface area contributed by atoms with E-state index < -0.39 is 11.9 Å². The van der Waals surface area contributed by atoms with Gasteiger partial charge in [0, 0.05) is 18.0 Å². The van der Waals surface area contributed by atoms with E-state index in [1.54, 1.807) is 0 Å². The lowest BCUT2D eigenvalue weighted by Gasteiger charge is -2.44. The Hall–Kier alpha value is -1.56. The van der Waals surface area contributed by atoms with E-state index in [0.29, 0.717) is 17.9 Å². The van der Waals surface area contributed by atoms with Crippen molar-refractivity contribution in [2.24, 2.45) is 17.8 Å². The Kier molecular flexibility index (Phi) is 3.18. The molecule has 2 saturated carbocycles. The second-order valence-corrected chi connectivity index (χ2v) is 7.13. The standard InChI is InChI=1S/C16H22N2O4/c19-15(20)12-10-6-3-5-9-8-4-1-2-7-11(8)18(14(9)10)17-13(12)16(21)22/h8-11,14,17H,1-7H2,(H,19,20)(H,21,22)/t8-,9-,10-,11-,14+/m0/s1. The molecule has 6 heteroatoms. The minimum absolute atomic E-state index is 0.0945. The molecule has 0 aromatic carbocycles. The fourth-order valence-electron chi connectivity index (χ4n) is 5.56. The lowest BCUT2D eigenvalue weighted by atomic mass is 9.68. The molecule has 2 heterocycles. The average Bonchev–Trinajstić information content (AvgIpc) is 2.83. The van der Waals surface area contributed by atoms with Gasteiger partial charge in [-0.1, -0.05) is 19.3 Å². The van der Waals surface area contributed by atoms with Crippen molar-refractivity contribution in [2.75, 3.05) is 0 Å². The first-order chi connectivity index (χ1) is 10.6. The predicted octanol–water partition coefficient (Wildman–Crippen LogP) is 1.59. The molecule has 22 heavy (non-hydrogen) atoms. The third-order valence-corrected chi connectivity index (χ3v) is 6.24. The number of hydrazine groups is 1. The maximum atomic E-state index is 11.7. The van der Waals surface area contributed by atoms with Gasteiger partial charge in [-0.3, -0.25) is 0 Å². The van der Waals surface area contributed by atoms with Crippen LogP contribution in [0.25, 0.3) is 0 Å². The third-order valence-electron chi connectivity index (χ3n) is 6.24. The van der Waals surface area contributed by atoms with Gasteiger partial charge in [0.25, 0.3) is 0 Å². The molecular formula is C16H22N2O4. The number of rotatable bonds is 2. The summed E-state index contributed by atoms with van der Waals surface area (Å²) in [6, 6.07) is 0.532. The zero-order chi connectivity index (χ0) is 15.4. The van der Waals surface area contributed by atoms with Crippen LogP contribution in [0.3, 0.4) is 0 Å². The van der Waals surface area contributed by atoms with Gasteiger partial charge in [0.1, 0.15) is 5.70 Å². The van der Waals surface area contributed by atoms with Crippen LogP contribution in [0.4, 0.5) is 0 Å². The Bertz CT molecular complexity index is 558. The van der Waals surface area contributed by atoms with Crippen molar-refractivity contribution < 1.29 is 19.8 Å². The number of hydrogen-bond acceptors (Lipinski definition) is 4. The van der Waals surface area contributed by atoms with Crippen molar-refractivity contribution in [1.29, 1.82) is 0 Å². The zero-order valence-corrected chi connectivity index (χ0v) is 12.5. The Labute approximate surface area is 129 Å². The topological polar surface area (TPSA) is 89.9 Å². The molecule has 4 rings (SSSR count). The number of fused-ring (bicyclic) bond motifs is 3. The average molecular weight is 306 g/mol. The summed E-state index contributed by atoms with van der Waals surface area (Å²) >= 11 is 0. The first-order valence-corrected chi connectivity index (χ1v) is 8.35. The smallest absolute Gasteiger partial charge is 0.353 e. The van der Waals surface area contributed by atoms with E-state index in [0.717, 1.165) is 25.7 Å². The Morgan fingerprint density at radius 1 is 0.955 bits per heavy atom. The van der Waals surface area contributed by atoms with Gasteiger partial charge in [0.2, 0.25) is 0 Å². The molecule has 0 aromatic heterocycles. The molecule has 2 aliphatic heterocycles. The number of carbonyl (C=O) groups is 2. The van der Waals surface area contributed by atoms with E-state index in [2.05, 4.69) is 10.4 Å². The van der Waals surface area contributed by atoms with Crippen LogP contribution in [0, 0.1) is 17.8 Å². The predicted molar refractivity (Wildman–Crippen MR) is 77.6 cm³/mol. The molecule has 4 aliphatic rings. The minimum atomic E-state index is -1.16. The van der Waals surface area contributed by atoms with Gasteiger partial charge < -0.3 is 15.6 Å². The van der Waals surface area contributed by atoms with Crippen molar-refractivity contribution in [3.63, 3.8) is 0 Å². The summed E-state index contributed by atoms with van der Waals surface area (Å²) in [4.78, 5) is 23.3. The van der Waals surface area contributed by atoms with Crippen LogP contribution in [0.2, 0.25) is 0 Å². The molecule has 0 bridgehead atoms. The Morgan fingerprint density at radius 2 is 1.68 bits per heavy atom. The van der Waals surface area contributed by atoms with E-state index in [1.165, 1.54) is 19.3 Å². The summed E-state index contributed by atoms with van der Waals surface area (Å²) in [5, 5.41) is 21.2. The fourth-order valence-corrected chi connectivity index (χ4v) is 5.56. The van der Waals surface area contributed by atoms with Crippen molar-refractivity contribution in [2.45, 2.75) is 57.0 Å². The molecular weight excluding hydrogens is 284 g/mol. The Balaban J connectivity index is 1.79. The van der Waals surface area contributed by atoms with Gasteiger partial charge in [-0.05, 0) is 37.5 Å². The highest BCUT2D eigenvalue weighted by Crippen LogP contribution is 2.53. The summed E-state index contributed by atoms with van der Waals surface area (Å²) < 4.78 is 0. The summed E-state index contributed by atoms with van der Waals surface area (Å²) in [6.45, 7) is 0. The van der Waals surface area contributed by atoms with Crippen LogP contribution in [-0.4, -0.2) is 39.2 Å². The van der Waals surface area contributed by atoms with E-state index in [1.807, 2.05) is 0 Å². The number of hydrogen-bond donors (Lipinski definition) is 3. The molecule has 0 spiro atoms. The third kappa shape index (κ3) is 1.82. The highest BCUT2D eigenvalue weighted by molar-refractivity contribution is 5.99.